The summed E-state index contributed by atoms with van der Waals surface area (Å²) in [5.74, 6) is 0. The molecule has 96 valence electrons. The second-order valence-corrected chi connectivity index (χ2v) is 5.86. The van der Waals surface area contributed by atoms with E-state index < -0.39 is 0 Å². The topological polar surface area (TPSA) is 43.6 Å². The molecule has 5 heteroatoms. The number of nitrogens with zero attached hydrogens (tertiary/aromatic N) is 4. The molecule has 0 aliphatic rings. The number of aromatic nitrogens is 4. The largest absolute Gasteiger partial charge is 0.256 e. The third kappa shape index (κ3) is 2.66. The fraction of sp³-hybridized carbons (Fsp3) is 0.214. The first-order chi connectivity index (χ1) is 9.22. The first-order valence-corrected chi connectivity index (χ1v) is 7.02. The molecule has 1 aromatic carbocycles. The van der Waals surface area contributed by atoms with Crippen LogP contribution >= 0.6 is 15.9 Å². The molecule has 4 nitrogen and oxygen atoms in total. The molecule has 0 aliphatic carbocycles. The predicted octanol–water partition coefficient (Wildman–Crippen LogP) is 3.33. The Bertz CT molecular complexity index is 705. The first kappa shape index (κ1) is 12.3. The molecule has 19 heavy (non-hydrogen) atoms. The van der Waals surface area contributed by atoms with E-state index in [2.05, 4.69) is 49.4 Å². The number of rotatable bonds is 3. The van der Waals surface area contributed by atoms with Crippen LogP contribution in [-0.4, -0.2) is 20.0 Å². The van der Waals surface area contributed by atoms with E-state index in [4.69, 9.17) is 0 Å². The number of hydrogen-bond donors (Lipinski definition) is 0. The van der Waals surface area contributed by atoms with E-state index in [1.54, 1.807) is 0 Å². The summed E-state index contributed by atoms with van der Waals surface area (Å²) in [6.07, 6.45) is 3.77. The second kappa shape index (κ2) is 5.09. The molecule has 3 aromatic rings. The zero-order valence-corrected chi connectivity index (χ0v) is 12.1. The van der Waals surface area contributed by atoms with Crippen LogP contribution in [0.15, 0.2) is 42.7 Å². The van der Waals surface area contributed by atoms with Crippen molar-refractivity contribution in [1.29, 1.82) is 0 Å². The van der Waals surface area contributed by atoms with Crippen molar-refractivity contribution in [3.8, 4) is 0 Å². The maximum absolute atomic E-state index is 4.32. The van der Waals surface area contributed by atoms with Crippen molar-refractivity contribution in [2.24, 2.45) is 0 Å². The average molecular weight is 317 g/mol. The second-order valence-electron chi connectivity index (χ2n) is 4.49. The monoisotopic (exact) mass is 316 g/mol. The number of alkyl halides is 1. The third-order valence-corrected chi connectivity index (χ3v) is 3.44. The lowest BCUT2D eigenvalue weighted by Gasteiger charge is -2.03. The molecule has 2 aromatic heterocycles. The van der Waals surface area contributed by atoms with Gasteiger partial charge >= 0.3 is 0 Å². The van der Waals surface area contributed by atoms with Crippen LogP contribution in [0.2, 0.25) is 0 Å². The Morgan fingerprint density at radius 3 is 3.00 bits per heavy atom. The van der Waals surface area contributed by atoms with Gasteiger partial charge in [-0.15, -0.1) is 5.10 Å². The number of halogens is 1. The summed E-state index contributed by atoms with van der Waals surface area (Å²) in [6.45, 7) is 2.76. The standard InChI is InChI=1S/C14H13BrN4/c1-10(15)14-9-19(18-17-14)8-11-4-5-13-12(7-11)3-2-6-16-13/h2-7,9-10H,8H2,1H3. The Kier molecular flexibility index (Phi) is 3.29. The van der Waals surface area contributed by atoms with Crippen LogP contribution in [0, 0.1) is 0 Å². The van der Waals surface area contributed by atoms with Crippen LogP contribution < -0.4 is 0 Å². The number of benzene rings is 1. The Balaban J connectivity index is 1.87. The lowest BCUT2D eigenvalue weighted by Crippen LogP contribution is -2.00. The van der Waals surface area contributed by atoms with E-state index in [0.29, 0.717) is 0 Å². The van der Waals surface area contributed by atoms with Crippen molar-refractivity contribution in [1.82, 2.24) is 20.0 Å². The molecule has 0 saturated carbocycles. The first-order valence-electron chi connectivity index (χ1n) is 6.10. The Labute approximate surface area is 119 Å². The highest BCUT2D eigenvalue weighted by atomic mass is 79.9. The van der Waals surface area contributed by atoms with Gasteiger partial charge in [-0.3, -0.25) is 4.98 Å². The summed E-state index contributed by atoms with van der Waals surface area (Å²) >= 11 is 3.49. The van der Waals surface area contributed by atoms with Crippen LogP contribution in [0.4, 0.5) is 0 Å². The zero-order valence-electron chi connectivity index (χ0n) is 10.5. The molecule has 0 aliphatic heterocycles. The summed E-state index contributed by atoms with van der Waals surface area (Å²) in [4.78, 5) is 4.54. The SMILES string of the molecule is CC(Br)c1cn(Cc2ccc3ncccc3c2)nn1. The van der Waals surface area contributed by atoms with Gasteiger partial charge in [0, 0.05) is 17.8 Å². The van der Waals surface area contributed by atoms with Crippen molar-refractivity contribution in [2.45, 2.75) is 18.3 Å². The van der Waals surface area contributed by atoms with Gasteiger partial charge in [0.1, 0.15) is 0 Å². The molecular weight excluding hydrogens is 304 g/mol. The Morgan fingerprint density at radius 1 is 1.32 bits per heavy atom. The normalized spacial score (nSPS) is 12.7. The Morgan fingerprint density at radius 2 is 2.21 bits per heavy atom. The van der Waals surface area contributed by atoms with E-state index in [1.165, 1.54) is 5.56 Å². The molecule has 1 atom stereocenters. The van der Waals surface area contributed by atoms with Crippen molar-refractivity contribution < 1.29 is 0 Å². The summed E-state index contributed by atoms with van der Waals surface area (Å²) in [7, 11) is 0. The van der Waals surface area contributed by atoms with Crippen LogP contribution in [0.25, 0.3) is 10.9 Å². The van der Waals surface area contributed by atoms with Crippen LogP contribution in [0.1, 0.15) is 23.0 Å². The van der Waals surface area contributed by atoms with Gasteiger partial charge in [-0.05, 0) is 30.7 Å². The summed E-state index contributed by atoms with van der Waals surface area (Å²) in [6, 6.07) is 10.3. The van der Waals surface area contributed by atoms with E-state index in [0.717, 1.165) is 23.1 Å². The van der Waals surface area contributed by atoms with Crippen LogP contribution in [0.3, 0.4) is 0 Å². The van der Waals surface area contributed by atoms with Gasteiger partial charge in [0.05, 0.1) is 22.6 Å². The van der Waals surface area contributed by atoms with Crippen molar-refractivity contribution in [3.63, 3.8) is 0 Å². The minimum absolute atomic E-state index is 0.224. The Hall–Kier alpha value is -1.75. The number of fused-ring (bicyclic) bond motifs is 1. The minimum Gasteiger partial charge on any atom is -0.256 e. The summed E-state index contributed by atoms with van der Waals surface area (Å²) in [5.41, 5.74) is 3.15. The molecule has 3 rings (SSSR count). The molecule has 0 bridgehead atoms. The van der Waals surface area contributed by atoms with Gasteiger partial charge in [0.25, 0.3) is 0 Å². The van der Waals surface area contributed by atoms with Gasteiger partial charge in [0.2, 0.25) is 0 Å². The maximum Gasteiger partial charge on any atom is 0.0960 e. The van der Waals surface area contributed by atoms with Gasteiger partial charge in [-0.1, -0.05) is 33.3 Å². The van der Waals surface area contributed by atoms with E-state index >= 15 is 0 Å². The summed E-state index contributed by atoms with van der Waals surface area (Å²) < 4.78 is 1.85. The van der Waals surface area contributed by atoms with Crippen LogP contribution in [-0.2, 0) is 6.54 Å². The molecule has 0 amide bonds. The third-order valence-electron chi connectivity index (χ3n) is 2.98. The van der Waals surface area contributed by atoms with E-state index in [1.807, 2.05) is 36.1 Å². The van der Waals surface area contributed by atoms with Gasteiger partial charge in [-0.25, -0.2) is 4.68 Å². The van der Waals surface area contributed by atoms with E-state index in [9.17, 15) is 0 Å². The smallest absolute Gasteiger partial charge is 0.0960 e. The van der Waals surface area contributed by atoms with Crippen molar-refractivity contribution >= 4 is 26.8 Å². The molecule has 0 N–H and O–H groups in total. The van der Waals surface area contributed by atoms with Gasteiger partial charge in [-0.2, -0.15) is 0 Å². The number of pyridine rings is 1. The maximum atomic E-state index is 4.32. The highest BCUT2D eigenvalue weighted by molar-refractivity contribution is 9.09. The minimum atomic E-state index is 0.224. The number of hydrogen-bond acceptors (Lipinski definition) is 3. The molecular formula is C14H13BrN4. The molecule has 0 saturated heterocycles. The fourth-order valence-corrected chi connectivity index (χ4v) is 2.19. The van der Waals surface area contributed by atoms with Gasteiger partial charge in [0.15, 0.2) is 0 Å². The molecule has 0 radical (unpaired) electrons. The van der Waals surface area contributed by atoms with Gasteiger partial charge < -0.3 is 0 Å². The highest BCUT2D eigenvalue weighted by Gasteiger charge is 2.06. The average Bonchev–Trinajstić information content (AvgIpc) is 2.87. The highest BCUT2D eigenvalue weighted by Crippen LogP contribution is 2.19. The zero-order chi connectivity index (χ0) is 13.2. The molecule has 1 unspecified atom stereocenters. The predicted molar refractivity (Wildman–Crippen MR) is 78.2 cm³/mol. The molecule has 0 fully saturated rings. The molecule has 2 heterocycles. The van der Waals surface area contributed by atoms with E-state index in [-0.39, 0.29) is 4.83 Å². The quantitative estimate of drug-likeness (QED) is 0.696. The van der Waals surface area contributed by atoms with Crippen molar-refractivity contribution in [2.75, 3.05) is 0 Å². The lowest BCUT2D eigenvalue weighted by atomic mass is 10.1. The lowest BCUT2D eigenvalue weighted by molar-refractivity contribution is 0.649. The fourth-order valence-electron chi connectivity index (χ4n) is 1.98. The summed E-state index contributed by atoms with van der Waals surface area (Å²) in [5, 5.41) is 9.41. The molecule has 0 spiro atoms. The van der Waals surface area contributed by atoms with Crippen LogP contribution in [0.5, 0.6) is 0 Å². The van der Waals surface area contributed by atoms with Crippen molar-refractivity contribution in [3.05, 3.63) is 54.0 Å².